The van der Waals surface area contributed by atoms with E-state index in [0.717, 1.165) is 18.4 Å². The van der Waals surface area contributed by atoms with E-state index in [1.807, 2.05) is 30.3 Å². The van der Waals surface area contributed by atoms with Crippen LogP contribution in [0.5, 0.6) is 0 Å². The number of urea groups is 1. The minimum atomic E-state index is -0.438. The van der Waals surface area contributed by atoms with Crippen molar-refractivity contribution in [3.63, 3.8) is 0 Å². The summed E-state index contributed by atoms with van der Waals surface area (Å²) in [7, 11) is 0. The molecule has 1 aliphatic rings. The molecule has 0 bridgehead atoms. The number of hydrogen-bond donors (Lipinski definition) is 3. The van der Waals surface area contributed by atoms with Gasteiger partial charge < -0.3 is 5.32 Å². The van der Waals surface area contributed by atoms with Crippen molar-refractivity contribution in [2.45, 2.75) is 44.6 Å². The van der Waals surface area contributed by atoms with E-state index in [-0.39, 0.29) is 24.2 Å². The van der Waals surface area contributed by atoms with Crippen LogP contribution in [0.25, 0.3) is 0 Å². The molecule has 0 spiro atoms. The van der Waals surface area contributed by atoms with Gasteiger partial charge in [-0.05, 0) is 42.0 Å². The summed E-state index contributed by atoms with van der Waals surface area (Å²) in [6.07, 6.45) is 5.81. The van der Waals surface area contributed by atoms with Gasteiger partial charge in [-0.3, -0.25) is 10.2 Å². The summed E-state index contributed by atoms with van der Waals surface area (Å²) < 4.78 is 12.9. The predicted molar refractivity (Wildman–Crippen MR) is 106 cm³/mol. The highest BCUT2D eigenvalue weighted by molar-refractivity contribution is 5.82. The van der Waals surface area contributed by atoms with Crippen LogP contribution in [0.2, 0.25) is 0 Å². The first kappa shape index (κ1) is 19.9. The minimum Gasteiger partial charge on any atom is -0.330 e. The van der Waals surface area contributed by atoms with Crippen molar-refractivity contribution in [3.8, 4) is 0 Å². The monoisotopic (exact) mass is 383 g/mol. The topological polar surface area (TPSA) is 70.2 Å². The van der Waals surface area contributed by atoms with Crippen molar-refractivity contribution in [2.75, 3.05) is 0 Å². The van der Waals surface area contributed by atoms with Gasteiger partial charge in [-0.1, -0.05) is 61.7 Å². The standard InChI is InChI=1S/C22H26FN3O2/c23-19-13-11-16(12-14-19)15-20(27)25-26-22(28)24-21(17-7-3-1-4-8-17)18-9-5-2-6-10-18/h1,3-4,7-8,11-14,18,21H,2,5-6,9-10,15H2,(H,25,27)(H2,24,26,28). The third kappa shape index (κ3) is 5.81. The largest absolute Gasteiger partial charge is 0.333 e. The molecule has 0 radical (unpaired) electrons. The van der Waals surface area contributed by atoms with Crippen LogP contribution in [-0.2, 0) is 11.2 Å². The van der Waals surface area contributed by atoms with Gasteiger partial charge in [-0.15, -0.1) is 0 Å². The summed E-state index contributed by atoms with van der Waals surface area (Å²) in [6, 6.07) is 15.1. The van der Waals surface area contributed by atoms with Gasteiger partial charge in [-0.2, -0.15) is 0 Å². The van der Waals surface area contributed by atoms with E-state index in [9.17, 15) is 14.0 Å². The Morgan fingerprint density at radius 2 is 1.61 bits per heavy atom. The maximum Gasteiger partial charge on any atom is 0.333 e. The summed E-state index contributed by atoms with van der Waals surface area (Å²) in [5, 5.41) is 3.02. The van der Waals surface area contributed by atoms with Crippen molar-refractivity contribution in [2.24, 2.45) is 5.92 Å². The number of carbonyl (C=O) groups is 2. The Balaban J connectivity index is 1.54. The smallest absolute Gasteiger partial charge is 0.330 e. The van der Waals surface area contributed by atoms with Gasteiger partial charge in [0.2, 0.25) is 5.91 Å². The zero-order valence-electron chi connectivity index (χ0n) is 15.8. The zero-order valence-corrected chi connectivity index (χ0v) is 15.8. The van der Waals surface area contributed by atoms with E-state index in [1.165, 1.54) is 31.4 Å². The summed E-state index contributed by atoms with van der Waals surface area (Å²) in [5.41, 5.74) is 6.58. The minimum absolute atomic E-state index is 0.0608. The highest BCUT2D eigenvalue weighted by Crippen LogP contribution is 2.34. The summed E-state index contributed by atoms with van der Waals surface area (Å²) in [5.74, 6) is -0.330. The van der Waals surface area contributed by atoms with Crippen molar-refractivity contribution < 1.29 is 14.0 Å². The average molecular weight is 383 g/mol. The van der Waals surface area contributed by atoms with Crippen LogP contribution in [-0.4, -0.2) is 11.9 Å². The highest BCUT2D eigenvalue weighted by Gasteiger charge is 2.26. The third-order valence-electron chi connectivity index (χ3n) is 5.16. The fourth-order valence-electron chi connectivity index (χ4n) is 3.74. The molecule has 1 saturated carbocycles. The van der Waals surface area contributed by atoms with Gasteiger partial charge in [0.05, 0.1) is 12.5 Å². The molecule has 0 aliphatic heterocycles. The lowest BCUT2D eigenvalue weighted by Gasteiger charge is -2.31. The van der Waals surface area contributed by atoms with Crippen LogP contribution < -0.4 is 16.2 Å². The first-order valence-electron chi connectivity index (χ1n) is 9.76. The molecule has 1 unspecified atom stereocenters. The van der Waals surface area contributed by atoms with Crippen molar-refractivity contribution in [1.82, 2.24) is 16.2 Å². The number of benzene rings is 2. The lowest BCUT2D eigenvalue weighted by Crippen LogP contribution is -2.49. The number of nitrogens with one attached hydrogen (secondary N) is 3. The molecule has 0 saturated heterocycles. The van der Waals surface area contributed by atoms with E-state index in [0.29, 0.717) is 11.5 Å². The fraction of sp³-hybridized carbons (Fsp3) is 0.364. The van der Waals surface area contributed by atoms with E-state index >= 15 is 0 Å². The molecule has 2 aromatic carbocycles. The molecule has 28 heavy (non-hydrogen) atoms. The molecule has 3 rings (SSSR count). The molecule has 6 heteroatoms. The quantitative estimate of drug-likeness (QED) is 0.683. The predicted octanol–water partition coefficient (Wildman–Crippen LogP) is 4.02. The number of hydrazine groups is 1. The molecule has 0 aromatic heterocycles. The molecular formula is C22H26FN3O2. The Hall–Kier alpha value is -2.89. The van der Waals surface area contributed by atoms with Crippen molar-refractivity contribution in [3.05, 3.63) is 71.5 Å². The fourth-order valence-corrected chi connectivity index (χ4v) is 3.74. The first-order valence-corrected chi connectivity index (χ1v) is 9.76. The van der Waals surface area contributed by atoms with E-state index in [2.05, 4.69) is 16.2 Å². The van der Waals surface area contributed by atoms with Gasteiger partial charge in [0.1, 0.15) is 5.82 Å². The van der Waals surface area contributed by atoms with Crippen LogP contribution in [0.3, 0.4) is 0 Å². The molecule has 2 aromatic rings. The van der Waals surface area contributed by atoms with Crippen LogP contribution in [0, 0.1) is 11.7 Å². The molecule has 5 nitrogen and oxygen atoms in total. The Morgan fingerprint density at radius 1 is 0.929 bits per heavy atom. The number of halogens is 1. The number of carbonyl (C=O) groups excluding carboxylic acids is 2. The molecule has 3 N–H and O–H groups in total. The Morgan fingerprint density at radius 3 is 2.29 bits per heavy atom. The molecule has 3 amide bonds. The van der Waals surface area contributed by atoms with Crippen LogP contribution in [0.1, 0.15) is 49.3 Å². The van der Waals surface area contributed by atoms with Crippen LogP contribution in [0.4, 0.5) is 9.18 Å². The van der Waals surface area contributed by atoms with Crippen LogP contribution >= 0.6 is 0 Å². The van der Waals surface area contributed by atoms with Gasteiger partial charge >= 0.3 is 6.03 Å². The van der Waals surface area contributed by atoms with Crippen molar-refractivity contribution >= 4 is 11.9 Å². The average Bonchev–Trinajstić information content (AvgIpc) is 2.73. The second-order valence-electron chi connectivity index (χ2n) is 7.24. The molecule has 1 fully saturated rings. The molecule has 1 atom stereocenters. The van der Waals surface area contributed by atoms with E-state index < -0.39 is 6.03 Å². The lowest BCUT2D eigenvalue weighted by atomic mass is 9.81. The van der Waals surface area contributed by atoms with Gasteiger partial charge in [0.15, 0.2) is 0 Å². The Bertz CT molecular complexity index is 774. The Labute approximate surface area is 164 Å². The lowest BCUT2D eigenvalue weighted by molar-refractivity contribution is -0.121. The van der Waals surface area contributed by atoms with Crippen molar-refractivity contribution in [1.29, 1.82) is 0 Å². The summed E-state index contributed by atoms with van der Waals surface area (Å²) >= 11 is 0. The summed E-state index contributed by atoms with van der Waals surface area (Å²) in [4.78, 5) is 24.4. The molecule has 0 heterocycles. The second-order valence-corrected chi connectivity index (χ2v) is 7.24. The third-order valence-corrected chi connectivity index (χ3v) is 5.16. The van der Waals surface area contributed by atoms with E-state index in [4.69, 9.17) is 0 Å². The number of amides is 3. The molecular weight excluding hydrogens is 357 g/mol. The maximum absolute atomic E-state index is 12.9. The number of rotatable bonds is 5. The SMILES string of the molecule is O=C(Cc1ccc(F)cc1)NNC(=O)NC(c1ccccc1)C1CCCCC1. The molecule has 1 aliphatic carbocycles. The maximum atomic E-state index is 12.9. The van der Waals surface area contributed by atoms with Gasteiger partial charge in [0, 0.05) is 0 Å². The number of hydrogen-bond acceptors (Lipinski definition) is 2. The van der Waals surface area contributed by atoms with E-state index in [1.54, 1.807) is 12.1 Å². The Kier molecular flexibility index (Phi) is 7.00. The first-order chi connectivity index (χ1) is 13.6. The van der Waals surface area contributed by atoms with Gasteiger partial charge in [-0.25, -0.2) is 14.6 Å². The highest BCUT2D eigenvalue weighted by atomic mass is 19.1. The summed E-state index contributed by atoms with van der Waals surface area (Å²) in [6.45, 7) is 0. The zero-order chi connectivity index (χ0) is 19.8. The normalized spacial score (nSPS) is 15.5. The second kappa shape index (κ2) is 9.88. The van der Waals surface area contributed by atoms with Crippen LogP contribution in [0.15, 0.2) is 54.6 Å². The molecule has 148 valence electrons. The van der Waals surface area contributed by atoms with Gasteiger partial charge in [0.25, 0.3) is 0 Å².